The Bertz CT molecular complexity index is 365. The van der Waals surface area contributed by atoms with E-state index in [1.165, 1.54) is 11.4 Å². The average Bonchev–Trinajstić information content (AvgIpc) is 2.70. The Morgan fingerprint density at radius 1 is 1.44 bits per heavy atom. The molecule has 1 heterocycles. The lowest BCUT2D eigenvalue weighted by Gasteiger charge is -2.16. The van der Waals surface area contributed by atoms with Gasteiger partial charge in [0, 0.05) is 19.0 Å². The molecule has 0 amide bonds. The topological polar surface area (TPSA) is 29.9 Å². The summed E-state index contributed by atoms with van der Waals surface area (Å²) < 4.78 is 2.05. The fourth-order valence-electron chi connectivity index (χ4n) is 2.05. The number of rotatable bonds is 8. The summed E-state index contributed by atoms with van der Waals surface area (Å²) in [6, 6.07) is 0.474. The zero-order chi connectivity index (χ0) is 13.5. The van der Waals surface area contributed by atoms with Crippen LogP contribution in [0.5, 0.6) is 0 Å². The van der Waals surface area contributed by atoms with Crippen LogP contribution in [0.2, 0.25) is 5.02 Å². The monoisotopic (exact) mass is 289 g/mol. The molecular weight excluding hydrogens is 266 g/mol. The molecule has 3 nitrogen and oxygen atoms in total. The fourth-order valence-corrected chi connectivity index (χ4v) is 2.92. The van der Waals surface area contributed by atoms with E-state index >= 15 is 0 Å². The van der Waals surface area contributed by atoms with Crippen molar-refractivity contribution in [1.29, 1.82) is 0 Å². The van der Waals surface area contributed by atoms with Gasteiger partial charge in [-0.1, -0.05) is 18.5 Å². The van der Waals surface area contributed by atoms with Crippen molar-refractivity contribution in [3.63, 3.8) is 0 Å². The quantitative estimate of drug-likeness (QED) is 0.798. The number of nitrogens with one attached hydrogen (secondary N) is 1. The molecule has 0 saturated carbocycles. The normalized spacial score (nSPS) is 12.9. The molecule has 0 aromatic carbocycles. The van der Waals surface area contributed by atoms with Gasteiger partial charge < -0.3 is 5.32 Å². The Morgan fingerprint density at radius 2 is 2.17 bits per heavy atom. The van der Waals surface area contributed by atoms with Gasteiger partial charge in [-0.15, -0.1) is 0 Å². The minimum atomic E-state index is 0.474. The third-order valence-corrected chi connectivity index (χ3v) is 4.29. The van der Waals surface area contributed by atoms with Crippen molar-refractivity contribution >= 4 is 23.4 Å². The van der Waals surface area contributed by atoms with Crippen LogP contribution < -0.4 is 5.32 Å². The minimum Gasteiger partial charge on any atom is -0.317 e. The summed E-state index contributed by atoms with van der Waals surface area (Å²) in [6.45, 7) is 5.10. The van der Waals surface area contributed by atoms with Crippen molar-refractivity contribution < 1.29 is 0 Å². The van der Waals surface area contributed by atoms with Gasteiger partial charge in [-0.25, -0.2) is 0 Å². The molecule has 0 aliphatic heterocycles. The highest BCUT2D eigenvalue weighted by Crippen LogP contribution is 2.23. The predicted octanol–water partition coefficient (Wildman–Crippen LogP) is 3.00. The van der Waals surface area contributed by atoms with Crippen molar-refractivity contribution in [3.8, 4) is 0 Å². The van der Waals surface area contributed by atoms with Crippen molar-refractivity contribution in [2.75, 3.05) is 19.1 Å². The zero-order valence-electron chi connectivity index (χ0n) is 11.8. The number of nitrogens with zero attached hydrogens (tertiary/aromatic N) is 2. The number of likely N-dealkylation sites (N-methyl/N-ethyl adjacent to an activating group) is 1. The molecule has 1 aromatic rings. The Labute approximate surface area is 120 Å². The van der Waals surface area contributed by atoms with Crippen molar-refractivity contribution in [1.82, 2.24) is 15.1 Å². The smallest absolute Gasteiger partial charge is 0.0850 e. The third-order valence-electron chi connectivity index (χ3n) is 3.21. The van der Waals surface area contributed by atoms with E-state index in [9.17, 15) is 0 Å². The number of thioether (sulfide) groups is 1. The molecule has 18 heavy (non-hydrogen) atoms. The Morgan fingerprint density at radius 3 is 2.67 bits per heavy atom. The van der Waals surface area contributed by atoms with E-state index in [2.05, 4.69) is 30.5 Å². The summed E-state index contributed by atoms with van der Waals surface area (Å²) in [6.07, 6.45) is 5.15. The lowest BCUT2D eigenvalue weighted by Crippen LogP contribution is -2.29. The van der Waals surface area contributed by atoms with E-state index < -0.39 is 0 Å². The highest BCUT2D eigenvalue weighted by Gasteiger charge is 2.17. The van der Waals surface area contributed by atoms with E-state index in [4.69, 9.17) is 11.6 Å². The molecule has 104 valence electrons. The third kappa shape index (κ3) is 3.90. The number of halogens is 1. The summed E-state index contributed by atoms with van der Waals surface area (Å²) >= 11 is 8.31. The van der Waals surface area contributed by atoms with Crippen LogP contribution in [-0.4, -0.2) is 34.9 Å². The number of aromatic nitrogens is 2. The SMILES string of the molecule is CCc1nn(CC)c(CC(CCSC)NC)c1Cl. The molecular formula is C13H24ClN3S. The van der Waals surface area contributed by atoms with Crippen molar-refractivity contribution in [2.45, 2.75) is 45.7 Å². The second kappa shape index (κ2) is 8.08. The van der Waals surface area contributed by atoms with E-state index in [0.29, 0.717) is 6.04 Å². The largest absolute Gasteiger partial charge is 0.317 e. The molecule has 0 saturated heterocycles. The molecule has 5 heteroatoms. The molecule has 0 spiro atoms. The number of hydrogen-bond acceptors (Lipinski definition) is 3. The molecule has 0 bridgehead atoms. The molecule has 0 aliphatic carbocycles. The summed E-state index contributed by atoms with van der Waals surface area (Å²) in [4.78, 5) is 0. The first-order chi connectivity index (χ1) is 8.67. The van der Waals surface area contributed by atoms with Crippen LogP contribution in [0.15, 0.2) is 0 Å². The first-order valence-corrected chi connectivity index (χ1v) is 8.35. The van der Waals surface area contributed by atoms with Gasteiger partial charge in [0.2, 0.25) is 0 Å². The Kier molecular flexibility index (Phi) is 7.12. The van der Waals surface area contributed by atoms with Crippen molar-refractivity contribution in [3.05, 3.63) is 16.4 Å². The standard InChI is InChI=1S/C13H24ClN3S/c1-5-11-13(14)12(17(6-2)16-11)9-10(15-3)7-8-18-4/h10,15H,5-9H2,1-4H3. The maximum atomic E-state index is 6.43. The highest BCUT2D eigenvalue weighted by atomic mass is 35.5. The van der Waals surface area contributed by atoms with Gasteiger partial charge in [-0.3, -0.25) is 4.68 Å². The van der Waals surface area contributed by atoms with E-state index in [0.717, 1.165) is 36.5 Å². The molecule has 1 aromatic heterocycles. The van der Waals surface area contributed by atoms with Crippen LogP contribution in [0.25, 0.3) is 0 Å². The molecule has 0 aliphatic rings. The van der Waals surface area contributed by atoms with Gasteiger partial charge in [0.15, 0.2) is 0 Å². The van der Waals surface area contributed by atoms with E-state index in [-0.39, 0.29) is 0 Å². The molecule has 0 fully saturated rings. The summed E-state index contributed by atoms with van der Waals surface area (Å²) in [5.74, 6) is 1.17. The van der Waals surface area contributed by atoms with Crippen LogP contribution in [0, 0.1) is 0 Å². The van der Waals surface area contributed by atoms with E-state index in [1.807, 2.05) is 23.5 Å². The summed E-state index contributed by atoms with van der Waals surface area (Å²) in [5.41, 5.74) is 2.20. The second-order valence-electron chi connectivity index (χ2n) is 4.35. The van der Waals surface area contributed by atoms with Gasteiger partial charge in [-0.2, -0.15) is 16.9 Å². The van der Waals surface area contributed by atoms with Gasteiger partial charge >= 0.3 is 0 Å². The van der Waals surface area contributed by atoms with Crippen LogP contribution in [0.4, 0.5) is 0 Å². The highest BCUT2D eigenvalue weighted by molar-refractivity contribution is 7.98. The van der Waals surface area contributed by atoms with Crippen LogP contribution >= 0.6 is 23.4 Å². The molecule has 1 atom stereocenters. The molecule has 1 unspecified atom stereocenters. The summed E-state index contributed by atoms with van der Waals surface area (Å²) in [5, 5.41) is 8.81. The molecule has 0 radical (unpaired) electrons. The Balaban J connectivity index is 2.83. The summed E-state index contributed by atoms with van der Waals surface area (Å²) in [7, 11) is 2.02. The molecule has 1 rings (SSSR count). The number of hydrogen-bond donors (Lipinski definition) is 1. The fraction of sp³-hybridized carbons (Fsp3) is 0.769. The first kappa shape index (κ1) is 15.9. The second-order valence-corrected chi connectivity index (χ2v) is 5.71. The maximum absolute atomic E-state index is 6.43. The Hall–Kier alpha value is -0.190. The number of aryl methyl sites for hydroxylation is 2. The molecule has 1 N–H and O–H groups in total. The lowest BCUT2D eigenvalue weighted by molar-refractivity contribution is 0.513. The van der Waals surface area contributed by atoms with E-state index in [1.54, 1.807) is 0 Å². The van der Waals surface area contributed by atoms with Crippen LogP contribution in [-0.2, 0) is 19.4 Å². The van der Waals surface area contributed by atoms with Crippen LogP contribution in [0.1, 0.15) is 31.7 Å². The lowest BCUT2D eigenvalue weighted by atomic mass is 10.1. The van der Waals surface area contributed by atoms with Crippen LogP contribution in [0.3, 0.4) is 0 Å². The zero-order valence-corrected chi connectivity index (χ0v) is 13.4. The first-order valence-electron chi connectivity index (χ1n) is 6.58. The minimum absolute atomic E-state index is 0.474. The van der Waals surface area contributed by atoms with Gasteiger partial charge in [0.25, 0.3) is 0 Å². The maximum Gasteiger partial charge on any atom is 0.0850 e. The van der Waals surface area contributed by atoms with Crippen molar-refractivity contribution in [2.24, 2.45) is 0 Å². The predicted molar refractivity (Wildman–Crippen MR) is 81.8 cm³/mol. The van der Waals surface area contributed by atoms with Gasteiger partial charge in [0.1, 0.15) is 0 Å². The average molecular weight is 290 g/mol. The van der Waals surface area contributed by atoms with Gasteiger partial charge in [0.05, 0.1) is 16.4 Å². The van der Waals surface area contributed by atoms with Gasteiger partial charge in [-0.05, 0) is 38.8 Å².